The average Bonchev–Trinajstić information content (AvgIpc) is 2.43. The Hall–Kier alpha value is -2.46. The molecule has 0 atom stereocenters. The molecule has 0 aliphatic rings. The van der Waals surface area contributed by atoms with Crippen molar-refractivity contribution in [3.05, 3.63) is 47.8 Å². The van der Waals surface area contributed by atoms with Gasteiger partial charge in [-0.05, 0) is 23.8 Å². The molecule has 2 aromatic rings. The zero-order valence-electron chi connectivity index (χ0n) is 11.7. The molecular formula is C14H6F9NO. The van der Waals surface area contributed by atoms with Crippen molar-refractivity contribution in [2.45, 2.75) is 18.7 Å². The van der Waals surface area contributed by atoms with Crippen LogP contribution in [0.2, 0.25) is 0 Å². The first-order chi connectivity index (χ1) is 11.3. The predicted molar refractivity (Wildman–Crippen MR) is 66.4 cm³/mol. The van der Waals surface area contributed by atoms with E-state index in [9.17, 15) is 39.5 Å². The number of rotatable bonds is 2. The number of alkyl halides is 9. The lowest BCUT2D eigenvalue weighted by Gasteiger charge is -2.16. The Labute approximate surface area is 133 Å². The molecule has 0 saturated carbocycles. The minimum Gasteiger partial charge on any atom is -0.406 e. The molecule has 0 saturated heterocycles. The second kappa shape index (κ2) is 6.12. The molecular weight excluding hydrogens is 369 g/mol. The number of nitrogens with zero attached hydrogens (tertiary/aromatic N) is 1. The van der Waals surface area contributed by atoms with Crippen LogP contribution in [0.3, 0.4) is 0 Å². The van der Waals surface area contributed by atoms with E-state index in [1.807, 2.05) is 0 Å². The first-order valence-corrected chi connectivity index (χ1v) is 6.29. The van der Waals surface area contributed by atoms with E-state index in [1.54, 1.807) is 0 Å². The van der Waals surface area contributed by atoms with E-state index in [0.717, 1.165) is 18.2 Å². The van der Waals surface area contributed by atoms with Crippen LogP contribution in [-0.4, -0.2) is 11.3 Å². The molecule has 0 amide bonds. The molecule has 0 bridgehead atoms. The van der Waals surface area contributed by atoms with Gasteiger partial charge in [0.25, 0.3) is 0 Å². The highest BCUT2D eigenvalue weighted by molar-refractivity contribution is 5.68. The van der Waals surface area contributed by atoms with Crippen LogP contribution in [-0.2, 0) is 12.4 Å². The number of aromatic nitrogens is 1. The number of benzene rings is 1. The van der Waals surface area contributed by atoms with Crippen molar-refractivity contribution in [2.24, 2.45) is 0 Å². The lowest BCUT2D eigenvalue weighted by atomic mass is 10.0. The van der Waals surface area contributed by atoms with Crippen LogP contribution < -0.4 is 4.74 Å². The summed E-state index contributed by atoms with van der Waals surface area (Å²) in [4.78, 5) is 2.58. The summed E-state index contributed by atoms with van der Waals surface area (Å²) in [5, 5.41) is 0. The van der Waals surface area contributed by atoms with Crippen LogP contribution in [0.5, 0.6) is 5.75 Å². The van der Waals surface area contributed by atoms with Gasteiger partial charge in [-0.15, -0.1) is 13.2 Å². The third-order valence-electron chi connectivity index (χ3n) is 2.83. The van der Waals surface area contributed by atoms with E-state index in [4.69, 9.17) is 0 Å². The van der Waals surface area contributed by atoms with Crippen LogP contribution in [0.15, 0.2) is 36.4 Å². The maximum Gasteiger partial charge on any atom is 0.573 e. The maximum atomic E-state index is 13.0. The monoisotopic (exact) mass is 375 g/mol. The molecule has 0 unspecified atom stereocenters. The summed E-state index contributed by atoms with van der Waals surface area (Å²) in [6, 6.07) is 4.21. The maximum absolute atomic E-state index is 13.0. The highest BCUT2D eigenvalue weighted by Crippen LogP contribution is 2.39. The van der Waals surface area contributed by atoms with Crippen LogP contribution in [0.4, 0.5) is 39.5 Å². The van der Waals surface area contributed by atoms with E-state index in [0.29, 0.717) is 18.2 Å². The molecule has 1 heterocycles. The minimum atomic E-state index is -5.25. The number of ether oxygens (including phenoxy) is 1. The highest BCUT2D eigenvalue weighted by atomic mass is 19.4. The minimum absolute atomic E-state index is 0.307. The molecule has 0 N–H and O–H groups in total. The fourth-order valence-electron chi connectivity index (χ4n) is 1.93. The molecule has 11 heteroatoms. The van der Waals surface area contributed by atoms with E-state index in [1.165, 1.54) is 0 Å². The third kappa shape index (κ3) is 4.77. The topological polar surface area (TPSA) is 22.1 Å². The smallest absolute Gasteiger partial charge is 0.406 e. The second-order valence-electron chi connectivity index (χ2n) is 4.66. The summed E-state index contributed by atoms with van der Waals surface area (Å²) >= 11 is 0. The summed E-state index contributed by atoms with van der Waals surface area (Å²) in [5.74, 6) is -0.821. The average molecular weight is 375 g/mol. The van der Waals surface area contributed by atoms with Gasteiger partial charge in [-0.2, -0.15) is 26.3 Å². The Morgan fingerprint density at radius 1 is 0.760 bits per heavy atom. The SMILES string of the molecule is FC(F)(F)Oc1cccc(-c2ccc(C(F)(F)F)nc2C(F)(F)F)c1. The van der Waals surface area contributed by atoms with E-state index in [-0.39, 0.29) is 0 Å². The van der Waals surface area contributed by atoms with Crippen molar-refractivity contribution in [2.75, 3.05) is 0 Å². The Morgan fingerprint density at radius 2 is 1.40 bits per heavy atom. The van der Waals surface area contributed by atoms with Gasteiger partial charge in [-0.1, -0.05) is 18.2 Å². The van der Waals surface area contributed by atoms with Gasteiger partial charge in [0, 0.05) is 5.56 Å². The van der Waals surface area contributed by atoms with Gasteiger partial charge in [0.15, 0.2) is 5.69 Å². The lowest BCUT2D eigenvalue weighted by molar-refractivity contribution is -0.274. The molecule has 0 aliphatic carbocycles. The number of halogens is 9. The van der Waals surface area contributed by atoms with Crippen LogP contribution in [0.25, 0.3) is 11.1 Å². The summed E-state index contributed by atoms with van der Waals surface area (Å²) in [6.07, 6.45) is -15.4. The van der Waals surface area contributed by atoms with Gasteiger partial charge in [-0.3, -0.25) is 0 Å². The lowest BCUT2D eigenvalue weighted by Crippen LogP contribution is -2.17. The predicted octanol–water partition coefficient (Wildman–Crippen LogP) is 5.68. The van der Waals surface area contributed by atoms with Gasteiger partial charge in [0.1, 0.15) is 11.4 Å². The van der Waals surface area contributed by atoms with Gasteiger partial charge in [0.2, 0.25) is 0 Å². The molecule has 2 nitrogen and oxygen atoms in total. The fraction of sp³-hybridized carbons (Fsp3) is 0.214. The van der Waals surface area contributed by atoms with Crippen LogP contribution in [0, 0.1) is 0 Å². The van der Waals surface area contributed by atoms with Crippen molar-refractivity contribution in [3.8, 4) is 16.9 Å². The number of pyridine rings is 1. The molecule has 25 heavy (non-hydrogen) atoms. The van der Waals surface area contributed by atoms with Crippen molar-refractivity contribution >= 4 is 0 Å². The van der Waals surface area contributed by atoms with Crippen molar-refractivity contribution < 1.29 is 44.3 Å². The summed E-state index contributed by atoms with van der Waals surface area (Å²) in [5.41, 5.74) is -4.89. The van der Waals surface area contributed by atoms with Crippen LogP contribution in [0.1, 0.15) is 11.4 Å². The quantitative estimate of drug-likeness (QED) is 0.630. The summed E-state index contributed by atoms with van der Waals surface area (Å²) in [7, 11) is 0. The van der Waals surface area contributed by atoms with E-state index < -0.39 is 47.0 Å². The Bertz CT molecular complexity index is 762. The van der Waals surface area contributed by atoms with Gasteiger partial charge in [0.05, 0.1) is 0 Å². The highest BCUT2D eigenvalue weighted by Gasteiger charge is 2.40. The molecule has 0 aliphatic heterocycles. The summed E-state index contributed by atoms with van der Waals surface area (Å²) in [6.45, 7) is 0. The van der Waals surface area contributed by atoms with E-state index in [2.05, 4.69) is 9.72 Å². The zero-order valence-corrected chi connectivity index (χ0v) is 11.7. The van der Waals surface area contributed by atoms with Crippen molar-refractivity contribution in [1.29, 1.82) is 0 Å². The Morgan fingerprint density at radius 3 is 1.92 bits per heavy atom. The normalized spacial score (nSPS) is 13.0. The van der Waals surface area contributed by atoms with Gasteiger partial charge >= 0.3 is 18.7 Å². The Kier molecular flexibility index (Phi) is 4.62. The second-order valence-corrected chi connectivity index (χ2v) is 4.66. The Balaban J connectivity index is 2.57. The summed E-state index contributed by atoms with van der Waals surface area (Å²) < 4.78 is 117. The molecule has 0 radical (unpaired) electrons. The number of hydrogen-bond donors (Lipinski definition) is 0. The van der Waals surface area contributed by atoms with Crippen molar-refractivity contribution in [3.63, 3.8) is 0 Å². The third-order valence-corrected chi connectivity index (χ3v) is 2.83. The fourth-order valence-corrected chi connectivity index (χ4v) is 1.93. The number of hydrogen-bond acceptors (Lipinski definition) is 2. The standard InChI is InChI=1S/C14H6F9NO/c15-12(16,17)10-5-4-9(11(24-10)13(18,19)20)7-2-1-3-8(6-7)25-14(21,22)23/h1-6H. The largest absolute Gasteiger partial charge is 0.573 e. The van der Waals surface area contributed by atoms with Gasteiger partial charge < -0.3 is 4.74 Å². The van der Waals surface area contributed by atoms with Crippen molar-refractivity contribution in [1.82, 2.24) is 4.98 Å². The molecule has 0 spiro atoms. The van der Waals surface area contributed by atoms with Gasteiger partial charge in [-0.25, -0.2) is 4.98 Å². The van der Waals surface area contributed by atoms with Crippen LogP contribution >= 0.6 is 0 Å². The molecule has 1 aromatic heterocycles. The molecule has 136 valence electrons. The first-order valence-electron chi connectivity index (χ1n) is 6.29. The van der Waals surface area contributed by atoms with E-state index >= 15 is 0 Å². The molecule has 2 rings (SSSR count). The molecule has 0 fully saturated rings. The molecule has 1 aromatic carbocycles. The zero-order chi connectivity index (χ0) is 19.0. The first kappa shape index (κ1) is 18.9.